The summed E-state index contributed by atoms with van der Waals surface area (Å²) in [6, 6.07) is 7.45. The van der Waals surface area contributed by atoms with Gasteiger partial charge in [0, 0.05) is 17.1 Å². The fourth-order valence-corrected chi connectivity index (χ4v) is 2.84. The van der Waals surface area contributed by atoms with Crippen molar-refractivity contribution in [1.82, 2.24) is 9.55 Å². The predicted octanol–water partition coefficient (Wildman–Crippen LogP) is 3.16. The molecule has 0 aliphatic rings. The van der Waals surface area contributed by atoms with Crippen molar-refractivity contribution in [1.29, 1.82) is 0 Å². The molecule has 18 heavy (non-hydrogen) atoms. The number of nitrogens with zero attached hydrogens (tertiary/aromatic N) is 2. The van der Waals surface area contributed by atoms with Gasteiger partial charge in [0.25, 0.3) is 5.56 Å². The molecule has 0 spiro atoms. The fourth-order valence-electron chi connectivity index (χ4n) is 1.87. The van der Waals surface area contributed by atoms with Crippen molar-refractivity contribution in [3.8, 4) is 0 Å². The summed E-state index contributed by atoms with van der Waals surface area (Å²) in [5.41, 5.74) is 0.994. The van der Waals surface area contributed by atoms with Crippen LogP contribution in [0.2, 0.25) is 5.15 Å². The number of pyridine rings is 2. The summed E-state index contributed by atoms with van der Waals surface area (Å²) in [7, 11) is 0. The van der Waals surface area contributed by atoms with E-state index in [0.717, 1.165) is 15.6 Å². The van der Waals surface area contributed by atoms with Gasteiger partial charge in [-0.05, 0) is 35.2 Å². The number of hydrogen-bond donors (Lipinski definition) is 0. The van der Waals surface area contributed by atoms with Crippen LogP contribution in [0.3, 0.4) is 0 Å². The SMILES string of the molecule is O=c1c2ccsc2ccn1Cc1ccnc(Cl)c1. The monoisotopic (exact) mass is 276 g/mol. The maximum atomic E-state index is 12.2. The normalized spacial score (nSPS) is 10.9. The highest BCUT2D eigenvalue weighted by Crippen LogP contribution is 2.16. The Morgan fingerprint density at radius 1 is 1.33 bits per heavy atom. The molecule has 3 heterocycles. The lowest BCUT2D eigenvalue weighted by atomic mass is 10.2. The van der Waals surface area contributed by atoms with Crippen molar-refractivity contribution >= 4 is 33.0 Å². The third kappa shape index (κ3) is 2.05. The van der Waals surface area contributed by atoms with Crippen LogP contribution in [0.25, 0.3) is 10.1 Å². The Morgan fingerprint density at radius 3 is 3.06 bits per heavy atom. The van der Waals surface area contributed by atoms with E-state index in [-0.39, 0.29) is 5.56 Å². The van der Waals surface area contributed by atoms with E-state index in [9.17, 15) is 4.79 Å². The minimum atomic E-state index is 0.0293. The van der Waals surface area contributed by atoms with Crippen LogP contribution >= 0.6 is 22.9 Å². The van der Waals surface area contributed by atoms with Crippen LogP contribution in [0, 0.1) is 0 Å². The Balaban J connectivity index is 2.05. The van der Waals surface area contributed by atoms with Gasteiger partial charge < -0.3 is 4.57 Å². The van der Waals surface area contributed by atoms with Gasteiger partial charge in [0.15, 0.2) is 0 Å². The van der Waals surface area contributed by atoms with Crippen LogP contribution in [0.4, 0.5) is 0 Å². The van der Waals surface area contributed by atoms with Crippen molar-refractivity contribution in [3.05, 3.63) is 63.1 Å². The molecule has 0 aliphatic carbocycles. The van der Waals surface area contributed by atoms with Crippen LogP contribution in [0.5, 0.6) is 0 Å². The molecule has 0 atom stereocenters. The van der Waals surface area contributed by atoms with Gasteiger partial charge in [-0.3, -0.25) is 4.79 Å². The number of aromatic nitrogens is 2. The molecular weight excluding hydrogens is 268 g/mol. The quantitative estimate of drug-likeness (QED) is 0.674. The molecule has 0 saturated heterocycles. The summed E-state index contributed by atoms with van der Waals surface area (Å²) in [6.45, 7) is 0.507. The first-order valence-electron chi connectivity index (χ1n) is 5.41. The lowest BCUT2D eigenvalue weighted by Crippen LogP contribution is -2.19. The standard InChI is InChI=1S/C13H9ClN2OS/c14-12-7-9(1-4-15-12)8-16-5-2-11-10(13(16)17)3-6-18-11/h1-7H,8H2. The minimum Gasteiger partial charge on any atom is -0.311 e. The first kappa shape index (κ1) is 11.4. The summed E-state index contributed by atoms with van der Waals surface area (Å²) in [4.78, 5) is 16.1. The molecule has 3 aromatic rings. The van der Waals surface area contributed by atoms with E-state index in [1.165, 1.54) is 0 Å². The highest BCUT2D eigenvalue weighted by Gasteiger charge is 2.04. The van der Waals surface area contributed by atoms with E-state index in [4.69, 9.17) is 11.6 Å². The molecule has 0 unspecified atom stereocenters. The highest BCUT2D eigenvalue weighted by atomic mass is 35.5. The minimum absolute atomic E-state index is 0.0293. The topological polar surface area (TPSA) is 34.9 Å². The molecule has 0 amide bonds. The van der Waals surface area contributed by atoms with Crippen LogP contribution in [0.1, 0.15) is 5.56 Å². The Hall–Kier alpha value is -1.65. The van der Waals surface area contributed by atoms with E-state index < -0.39 is 0 Å². The fraction of sp³-hybridized carbons (Fsp3) is 0.0769. The van der Waals surface area contributed by atoms with Crippen LogP contribution in [-0.2, 0) is 6.54 Å². The average molecular weight is 277 g/mol. The van der Waals surface area contributed by atoms with Crippen molar-refractivity contribution in [2.75, 3.05) is 0 Å². The van der Waals surface area contributed by atoms with Gasteiger partial charge >= 0.3 is 0 Å². The molecular formula is C13H9ClN2OS. The van der Waals surface area contributed by atoms with Crippen LogP contribution in [-0.4, -0.2) is 9.55 Å². The summed E-state index contributed by atoms with van der Waals surface area (Å²) < 4.78 is 2.70. The molecule has 5 heteroatoms. The van der Waals surface area contributed by atoms with Gasteiger partial charge in [-0.2, -0.15) is 0 Å². The first-order valence-corrected chi connectivity index (χ1v) is 6.67. The molecule has 3 nitrogen and oxygen atoms in total. The zero-order valence-corrected chi connectivity index (χ0v) is 10.9. The van der Waals surface area contributed by atoms with E-state index in [1.54, 1.807) is 28.2 Å². The average Bonchev–Trinajstić information content (AvgIpc) is 2.82. The number of thiophene rings is 1. The zero-order valence-electron chi connectivity index (χ0n) is 9.34. The summed E-state index contributed by atoms with van der Waals surface area (Å²) in [6.07, 6.45) is 3.46. The third-order valence-corrected chi connectivity index (χ3v) is 3.82. The Bertz CT molecular complexity index is 763. The summed E-state index contributed by atoms with van der Waals surface area (Å²) in [5, 5.41) is 3.14. The molecule has 0 N–H and O–H groups in total. The number of hydrogen-bond acceptors (Lipinski definition) is 3. The molecule has 0 aliphatic heterocycles. The lowest BCUT2D eigenvalue weighted by molar-refractivity contribution is 0.767. The molecule has 0 bridgehead atoms. The molecule has 0 aromatic carbocycles. The number of halogens is 1. The largest absolute Gasteiger partial charge is 0.311 e. The molecule has 90 valence electrons. The second kappa shape index (κ2) is 4.55. The Morgan fingerprint density at radius 2 is 2.22 bits per heavy atom. The highest BCUT2D eigenvalue weighted by molar-refractivity contribution is 7.17. The lowest BCUT2D eigenvalue weighted by Gasteiger charge is -2.05. The number of fused-ring (bicyclic) bond motifs is 1. The van der Waals surface area contributed by atoms with Gasteiger partial charge in [-0.1, -0.05) is 11.6 Å². The van der Waals surface area contributed by atoms with Crippen LogP contribution in [0.15, 0.2) is 46.8 Å². The second-order valence-corrected chi connectivity index (χ2v) is 5.27. The van der Waals surface area contributed by atoms with Gasteiger partial charge in [0.05, 0.1) is 11.9 Å². The van der Waals surface area contributed by atoms with Crippen molar-refractivity contribution in [3.63, 3.8) is 0 Å². The van der Waals surface area contributed by atoms with E-state index in [0.29, 0.717) is 11.7 Å². The van der Waals surface area contributed by atoms with Crippen molar-refractivity contribution in [2.24, 2.45) is 0 Å². The summed E-state index contributed by atoms with van der Waals surface area (Å²) >= 11 is 7.41. The van der Waals surface area contributed by atoms with Crippen molar-refractivity contribution in [2.45, 2.75) is 6.54 Å². The Labute approximate surface area is 112 Å². The van der Waals surface area contributed by atoms with Gasteiger partial charge in [0.2, 0.25) is 0 Å². The maximum Gasteiger partial charge on any atom is 0.259 e. The Kier molecular flexibility index (Phi) is 2.89. The van der Waals surface area contributed by atoms with Gasteiger partial charge in [0.1, 0.15) is 5.15 Å². The number of rotatable bonds is 2. The van der Waals surface area contributed by atoms with E-state index >= 15 is 0 Å². The van der Waals surface area contributed by atoms with E-state index in [1.807, 2.05) is 29.8 Å². The predicted molar refractivity (Wildman–Crippen MR) is 74.4 cm³/mol. The van der Waals surface area contributed by atoms with Gasteiger partial charge in [-0.15, -0.1) is 11.3 Å². The molecule has 0 fully saturated rings. The molecule has 0 saturated carbocycles. The summed E-state index contributed by atoms with van der Waals surface area (Å²) in [5.74, 6) is 0. The van der Waals surface area contributed by atoms with Crippen molar-refractivity contribution < 1.29 is 0 Å². The third-order valence-electron chi connectivity index (χ3n) is 2.74. The molecule has 3 aromatic heterocycles. The zero-order chi connectivity index (χ0) is 12.5. The molecule has 3 rings (SSSR count). The first-order chi connectivity index (χ1) is 8.74. The van der Waals surface area contributed by atoms with Crippen LogP contribution < -0.4 is 5.56 Å². The second-order valence-electron chi connectivity index (χ2n) is 3.93. The smallest absolute Gasteiger partial charge is 0.259 e. The maximum absolute atomic E-state index is 12.2. The van der Waals surface area contributed by atoms with E-state index in [2.05, 4.69) is 4.98 Å². The molecule has 0 radical (unpaired) electrons. The van der Waals surface area contributed by atoms with Gasteiger partial charge in [-0.25, -0.2) is 4.98 Å².